The number of anilines is 1. The van der Waals surface area contributed by atoms with Gasteiger partial charge in [-0.3, -0.25) is 4.79 Å². The van der Waals surface area contributed by atoms with Gasteiger partial charge in [0.1, 0.15) is 23.1 Å². The average Bonchev–Trinajstić information content (AvgIpc) is 3.28. The summed E-state index contributed by atoms with van der Waals surface area (Å²) in [5, 5.41) is 16.0. The molecule has 9 heteroatoms. The SMILES string of the molecule is Nc1nnc(C(NC(=O)c2cccc3ncnn23)c2ccccc2)s1. The molecule has 1 aromatic carbocycles. The lowest BCUT2D eigenvalue weighted by Gasteiger charge is -2.16. The van der Waals surface area contributed by atoms with E-state index in [0.29, 0.717) is 21.5 Å². The van der Waals surface area contributed by atoms with E-state index in [2.05, 4.69) is 25.6 Å². The first kappa shape index (κ1) is 15.2. The smallest absolute Gasteiger partial charge is 0.270 e. The number of hydrogen-bond donors (Lipinski definition) is 2. The first-order valence-corrected chi connectivity index (χ1v) is 8.27. The highest BCUT2D eigenvalue weighted by atomic mass is 32.1. The second-order valence-electron chi connectivity index (χ2n) is 5.24. The van der Waals surface area contributed by atoms with E-state index in [1.807, 2.05) is 30.3 Å². The Morgan fingerprint density at radius 3 is 2.72 bits per heavy atom. The van der Waals surface area contributed by atoms with Crippen LogP contribution in [0.1, 0.15) is 27.1 Å². The van der Waals surface area contributed by atoms with Crippen LogP contribution in [0.2, 0.25) is 0 Å². The van der Waals surface area contributed by atoms with Gasteiger partial charge in [0.15, 0.2) is 5.65 Å². The molecule has 0 fully saturated rings. The predicted molar refractivity (Wildman–Crippen MR) is 93.1 cm³/mol. The number of nitrogens with two attached hydrogens (primary N) is 1. The number of hydrogen-bond acceptors (Lipinski definition) is 7. The van der Waals surface area contributed by atoms with Crippen molar-refractivity contribution in [3.05, 3.63) is 71.1 Å². The van der Waals surface area contributed by atoms with Crippen LogP contribution in [0.25, 0.3) is 5.65 Å². The molecule has 4 aromatic rings. The van der Waals surface area contributed by atoms with Crippen molar-refractivity contribution in [3.8, 4) is 0 Å². The Labute approximate surface area is 146 Å². The van der Waals surface area contributed by atoms with Crippen LogP contribution < -0.4 is 11.1 Å². The molecule has 25 heavy (non-hydrogen) atoms. The maximum absolute atomic E-state index is 12.8. The largest absolute Gasteiger partial charge is 0.374 e. The third-order valence-corrected chi connectivity index (χ3v) is 4.46. The average molecular weight is 351 g/mol. The Morgan fingerprint density at radius 2 is 1.96 bits per heavy atom. The summed E-state index contributed by atoms with van der Waals surface area (Å²) in [6.45, 7) is 0. The molecule has 124 valence electrons. The second-order valence-corrected chi connectivity index (χ2v) is 6.28. The molecule has 0 spiro atoms. The van der Waals surface area contributed by atoms with E-state index in [0.717, 1.165) is 5.56 Å². The number of nitrogen functional groups attached to an aromatic ring is 1. The van der Waals surface area contributed by atoms with Gasteiger partial charge in [-0.15, -0.1) is 10.2 Å². The normalized spacial score (nSPS) is 12.2. The lowest BCUT2D eigenvalue weighted by Crippen LogP contribution is -2.30. The van der Waals surface area contributed by atoms with Crippen molar-refractivity contribution < 1.29 is 4.79 Å². The van der Waals surface area contributed by atoms with Crippen molar-refractivity contribution >= 4 is 28.0 Å². The van der Waals surface area contributed by atoms with Crippen molar-refractivity contribution in [3.63, 3.8) is 0 Å². The lowest BCUT2D eigenvalue weighted by atomic mass is 10.1. The number of benzene rings is 1. The van der Waals surface area contributed by atoms with Gasteiger partial charge in [0.05, 0.1) is 0 Å². The molecule has 3 N–H and O–H groups in total. The maximum atomic E-state index is 12.8. The fraction of sp³-hybridized carbons (Fsp3) is 0.0625. The van der Waals surface area contributed by atoms with Crippen LogP contribution in [0, 0.1) is 0 Å². The van der Waals surface area contributed by atoms with Crippen LogP contribution in [0.3, 0.4) is 0 Å². The van der Waals surface area contributed by atoms with Crippen LogP contribution in [0.5, 0.6) is 0 Å². The summed E-state index contributed by atoms with van der Waals surface area (Å²) in [7, 11) is 0. The molecule has 1 unspecified atom stereocenters. The third-order valence-electron chi connectivity index (χ3n) is 3.65. The van der Waals surface area contributed by atoms with E-state index in [4.69, 9.17) is 5.73 Å². The van der Waals surface area contributed by atoms with E-state index in [1.165, 1.54) is 22.2 Å². The summed E-state index contributed by atoms with van der Waals surface area (Å²) in [5.74, 6) is -0.293. The third kappa shape index (κ3) is 2.92. The molecule has 8 nitrogen and oxygen atoms in total. The number of fused-ring (bicyclic) bond motifs is 1. The highest BCUT2D eigenvalue weighted by Gasteiger charge is 2.23. The molecule has 0 saturated carbocycles. The van der Waals surface area contributed by atoms with Gasteiger partial charge in [-0.2, -0.15) is 5.10 Å². The first-order valence-electron chi connectivity index (χ1n) is 7.46. The number of pyridine rings is 1. The second kappa shape index (κ2) is 6.29. The Balaban J connectivity index is 1.71. The summed E-state index contributed by atoms with van der Waals surface area (Å²) in [5.41, 5.74) is 7.58. The summed E-state index contributed by atoms with van der Waals surface area (Å²) in [4.78, 5) is 16.9. The van der Waals surface area contributed by atoms with Crippen LogP contribution in [0.15, 0.2) is 54.9 Å². The molecule has 0 aliphatic carbocycles. The molecule has 1 atom stereocenters. The van der Waals surface area contributed by atoms with Crippen molar-refractivity contribution in [2.75, 3.05) is 5.73 Å². The van der Waals surface area contributed by atoms with Crippen molar-refractivity contribution in [2.45, 2.75) is 6.04 Å². The van der Waals surface area contributed by atoms with E-state index in [1.54, 1.807) is 18.2 Å². The minimum absolute atomic E-state index is 0.293. The maximum Gasteiger partial charge on any atom is 0.270 e. The molecule has 3 heterocycles. The van der Waals surface area contributed by atoms with E-state index >= 15 is 0 Å². The fourth-order valence-electron chi connectivity index (χ4n) is 2.52. The van der Waals surface area contributed by atoms with Crippen molar-refractivity contribution in [1.29, 1.82) is 0 Å². The Hall–Kier alpha value is -3.33. The van der Waals surface area contributed by atoms with E-state index < -0.39 is 6.04 Å². The molecule has 0 bridgehead atoms. The zero-order valence-corrected chi connectivity index (χ0v) is 13.7. The van der Waals surface area contributed by atoms with Crippen molar-refractivity contribution in [2.24, 2.45) is 0 Å². The zero-order valence-electron chi connectivity index (χ0n) is 12.9. The van der Waals surface area contributed by atoms with Gasteiger partial charge in [0, 0.05) is 0 Å². The van der Waals surface area contributed by atoms with Crippen LogP contribution in [-0.4, -0.2) is 30.7 Å². The molecular formula is C16H13N7OS. The molecule has 1 amide bonds. The van der Waals surface area contributed by atoms with E-state index in [9.17, 15) is 4.79 Å². The monoisotopic (exact) mass is 351 g/mol. The number of amides is 1. The molecule has 3 aromatic heterocycles. The van der Waals surface area contributed by atoms with Crippen LogP contribution in [-0.2, 0) is 0 Å². The summed E-state index contributed by atoms with van der Waals surface area (Å²) < 4.78 is 1.49. The zero-order chi connectivity index (χ0) is 17.2. The molecular weight excluding hydrogens is 338 g/mol. The molecule has 0 saturated heterocycles. The van der Waals surface area contributed by atoms with Crippen molar-refractivity contribution in [1.82, 2.24) is 30.1 Å². The Bertz CT molecular complexity index is 1030. The number of carbonyl (C=O) groups excluding carboxylic acids is 1. The molecule has 0 radical (unpaired) electrons. The minimum atomic E-state index is -0.456. The van der Waals surface area contributed by atoms with Gasteiger partial charge >= 0.3 is 0 Å². The summed E-state index contributed by atoms with van der Waals surface area (Å²) >= 11 is 1.24. The predicted octanol–water partition coefficient (Wildman–Crippen LogP) is 1.68. The Morgan fingerprint density at radius 1 is 1.12 bits per heavy atom. The summed E-state index contributed by atoms with van der Waals surface area (Å²) in [6, 6.07) is 14.3. The van der Waals surface area contributed by atoms with E-state index in [-0.39, 0.29) is 5.91 Å². The molecule has 0 aliphatic rings. The van der Waals surface area contributed by atoms with Gasteiger partial charge in [0.25, 0.3) is 5.91 Å². The van der Waals surface area contributed by atoms with Gasteiger partial charge in [-0.05, 0) is 17.7 Å². The summed E-state index contributed by atoms with van der Waals surface area (Å²) in [6.07, 6.45) is 1.41. The van der Waals surface area contributed by atoms with Gasteiger partial charge in [-0.25, -0.2) is 9.50 Å². The van der Waals surface area contributed by atoms with Gasteiger partial charge in [0.2, 0.25) is 5.13 Å². The molecule has 4 rings (SSSR count). The standard InChI is InChI=1S/C16H13N7OS/c17-16-22-21-15(25-16)13(10-5-2-1-3-6-10)20-14(24)11-7-4-8-12-18-9-19-23(11)12/h1-9,13H,(H2,17,22)(H,20,24). The molecule has 0 aliphatic heterocycles. The number of carbonyl (C=O) groups is 1. The minimum Gasteiger partial charge on any atom is -0.374 e. The number of nitrogens with one attached hydrogen (secondary N) is 1. The topological polar surface area (TPSA) is 111 Å². The fourth-order valence-corrected chi connectivity index (χ4v) is 3.21. The van der Waals surface area contributed by atoms with Crippen LogP contribution >= 0.6 is 11.3 Å². The Kier molecular flexibility index (Phi) is 3.82. The number of aromatic nitrogens is 5. The first-order chi connectivity index (χ1) is 12.2. The highest BCUT2D eigenvalue weighted by Crippen LogP contribution is 2.26. The quantitative estimate of drug-likeness (QED) is 0.579. The van der Waals surface area contributed by atoms with Crippen LogP contribution in [0.4, 0.5) is 5.13 Å². The number of rotatable bonds is 4. The lowest BCUT2D eigenvalue weighted by molar-refractivity contribution is 0.0935. The van der Waals surface area contributed by atoms with Gasteiger partial charge in [-0.1, -0.05) is 47.7 Å². The highest BCUT2D eigenvalue weighted by molar-refractivity contribution is 7.15. The number of nitrogens with zero attached hydrogens (tertiary/aromatic N) is 5. The van der Waals surface area contributed by atoms with Gasteiger partial charge < -0.3 is 11.1 Å².